The van der Waals surface area contributed by atoms with Crippen molar-refractivity contribution in [1.29, 1.82) is 0 Å². The Bertz CT molecular complexity index is 2280. The van der Waals surface area contributed by atoms with Crippen LogP contribution in [0.25, 0.3) is 32.9 Å². The summed E-state index contributed by atoms with van der Waals surface area (Å²) in [5.74, 6) is 0.913. The number of hydrogen-bond acceptors (Lipinski definition) is 4. The van der Waals surface area contributed by atoms with Gasteiger partial charge in [0.2, 0.25) is 0 Å². The molecule has 0 unspecified atom stereocenters. The third-order valence-electron chi connectivity index (χ3n) is 9.27. The molecule has 0 fully saturated rings. The van der Waals surface area contributed by atoms with E-state index in [0.29, 0.717) is 17.3 Å². The molecule has 292 valence electrons. The van der Waals surface area contributed by atoms with E-state index >= 15 is 0 Å². The number of rotatable bonds is 6. The molecule has 2 aliphatic rings. The second kappa shape index (κ2) is 16.0. The molecule has 12 heteroatoms. The molecule has 0 radical (unpaired) electrons. The number of fused-ring (bicyclic) bond motifs is 3. The summed E-state index contributed by atoms with van der Waals surface area (Å²) in [6.45, 7) is 11.6. The maximum absolute atomic E-state index is 12.7. The van der Waals surface area contributed by atoms with E-state index in [1.54, 1.807) is 22.2 Å². The van der Waals surface area contributed by atoms with Crippen LogP contribution in [0.3, 0.4) is 0 Å². The molecule has 3 heterocycles. The van der Waals surface area contributed by atoms with Gasteiger partial charge in [0, 0.05) is 8.22 Å². The Kier molecular flexibility index (Phi) is 9.87. The summed E-state index contributed by atoms with van der Waals surface area (Å²) in [6, 6.07) is 17.7. The van der Waals surface area contributed by atoms with Gasteiger partial charge < -0.3 is 24.6 Å². The number of halogens is 6. The molecule has 7 rings (SSSR count). The second-order valence-electron chi connectivity index (χ2n) is 14.2. The van der Waals surface area contributed by atoms with E-state index in [-0.39, 0.29) is 54.7 Å². The van der Waals surface area contributed by atoms with Gasteiger partial charge in [-0.05, 0) is 102 Å². The molecule has 5 aromatic rings. The smallest absolute Gasteiger partial charge is 0.657 e. The first-order valence-electron chi connectivity index (χ1n) is 20.3. The van der Waals surface area contributed by atoms with E-state index in [0.717, 1.165) is 47.5 Å². The van der Waals surface area contributed by atoms with Gasteiger partial charge in [-0.15, -0.1) is 46.2 Å². The molecule has 1 aromatic heterocycles. The third-order valence-corrected chi connectivity index (χ3v) is 9.27. The zero-order valence-corrected chi connectivity index (χ0v) is 33.1. The molecule has 4 aromatic carbocycles. The van der Waals surface area contributed by atoms with Gasteiger partial charge in [-0.25, -0.2) is 0 Å². The minimum Gasteiger partial charge on any atom is -0.657 e. The predicted octanol–water partition coefficient (Wildman–Crippen LogP) is 12.2. The maximum Gasteiger partial charge on any atom is 4.00 e. The largest absolute Gasteiger partial charge is 4.00 e. The quantitative estimate of drug-likeness (QED) is 0.125. The van der Waals surface area contributed by atoms with Crippen LogP contribution in [0, 0.1) is 19.4 Å². The SMILES string of the molecule is FC(F)(F)c1ccc2[n-]c3ccc(C(F)(F)F)cc3c2c1.[2H]C([2H])([2H])N1C=CN(c2[c-]c(N3C=CN(C([2H])([2H])[2H])[CH-]3)cc(-c3c(C(C)C)cc(C(C)C)cc3C(C)C)c2)[CH-]1.[Pt+4]. The van der Waals surface area contributed by atoms with Crippen LogP contribution in [0.1, 0.15) is 95.3 Å². The molecule has 0 saturated heterocycles. The number of nitrogens with zero attached hydrogens (tertiary/aromatic N) is 5. The Morgan fingerprint density at radius 3 is 1.40 bits per heavy atom. The van der Waals surface area contributed by atoms with E-state index in [2.05, 4.69) is 64.7 Å². The zero-order chi connectivity index (χ0) is 44.3. The van der Waals surface area contributed by atoms with Crippen LogP contribution in [0.4, 0.5) is 37.7 Å². The summed E-state index contributed by atoms with van der Waals surface area (Å²) in [4.78, 5) is 9.85. The normalized spacial score (nSPS) is 16.7. The van der Waals surface area contributed by atoms with Gasteiger partial charge in [0.1, 0.15) is 0 Å². The average molecular weight is 945 g/mol. The van der Waals surface area contributed by atoms with Gasteiger partial charge >= 0.3 is 33.4 Å². The summed E-state index contributed by atoms with van der Waals surface area (Å²) in [5.41, 5.74) is 5.82. The fraction of sp³-hybridized carbons (Fsp3) is 0.302. The van der Waals surface area contributed by atoms with Crippen LogP contribution in [0.15, 0.2) is 85.5 Å². The van der Waals surface area contributed by atoms with Crippen molar-refractivity contribution in [2.75, 3.05) is 23.8 Å². The number of hydrogen-bond donors (Lipinski definition) is 0. The Balaban J connectivity index is 0.000000269. The fourth-order valence-electron chi connectivity index (χ4n) is 6.43. The number of anilines is 2. The summed E-state index contributed by atoms with van der Waals surface area (Å²) < 4.78 is 123. The minimum atomic E-state index is -4.56. The number of alkyl halides is 6. The molecule has 0 bridgehead atoms. The second-order valence-corrected chi connectivity index (χ2v) is 14.2. The Hall–Kier alpha value is -4.37. The van der Waals surface area contributed by atoms with Crippen LogP contribution in [0.5, 0.6) is 0 Å². The molecule has 0 N–H and O–H groups in total. The summed E-state index contributed by atoms with van der Waals surface area (Å²) in [5, 5.41) is 0.122. The predicted molar refractivity (Wildman–Crippen MR) is 205 cm³/mol. The van der Waals surface area contributed by atoms with Crippen molar-refractivity contribution in [2.24, 2.45) is 0 Å². The van der Waals surface area contributed by atoms with Crippen molar-refractivity contribution in [3.05, 3.63) is 133 Å². The summed E-state index contributed by atoms with van der Waals surface area (Å²) in [6.07, 6.45) is -2.69. The number of aromatic nitrogens is 1. The Morgan fingerprint density at radius 1 is 0.618 bits per heavy atom. The van der Waals surface area contributed by atoms with E-state index in [9.17, 15) is 26.3 Å². The first-order valence-corrected chi connectivity index (χ1v) is 17.3. The Labute approximate surface area is 342 Å². The molecular weight excluding hydrogens is 896 g/mol. The van der Waals surface area contributed by atoms with Gasteiger partial charge in [-0.1, -0.05) is 77.9 Å². The monoisotopic (exact) mass is 944 g/mol. The summed E-state index contributed by atoms with van der Waals surface area (Å²) >= 11 is 0. The van der Waals surface area contributed by atoms with Gasteiger partial charge in [0.15, 0.2) is 0 Å². The first kappa shape index (κ1) is 33.9. The van der Waals surface area contributed by atoms with Crippen LogP contribution in [-0.4, -0.2) is 23.8 Å². The van der Waals surface area contributed by atoms with Gasteiger partial charge in [0.05, 0.1) is 11.1 Å². The molecule has 2 aliphatic heterocycles. The summed E-state index contributed by atoms with van der Waals surface area (Å²) in [7, 11) is 0. The topological polar surface area (TPSA) is 27.1 Å². The van der Waals surface area contributed by atoms with Crippen LogP contribution >= 0.6 is 0 Å². The van der Waals surface area contributed by atoms with Crippen molar-refractivity contribution in [3.8, 4) is 11.1 Å². The van der Waals surface area contributed by atoms with Crippen molar-refractivity contribution in [3.63, 3.8) is 0 Å². The van der Waals surface area contributed by atoms with E-state index < -0.39 is 37.4 Å². The van der Waals surface area contributed by atoms with Crippen LogP contribution < -0.4 is 14.8 Å². The molecule has 0 atom stereocenters. The molecule has 0 spiro atoms. The van der Waals surface area contributed by atoms with Crippen molar-refractivity contribution in [2.45, 2.75) is 71.6 Å². The molecule has 0 saturated carbocycles. The number of benzene rings is 4. The fourth-order valence-corrected chi connectivity index (χ4v) is 6.43. The van der Waals surface area contributed by atoms with Crippen molar-refractivity contribution < 1.29 is 55.6 Å². The van der Waals surface area contributed by atoms with Crippen molar-refractivity contribution in [1.82, 2.24) is 14.8 Å². The molecule has 0 amide bonds. The van der Waals surface area contributed by atoms with Crippen LogP contribution in [-0.2, 0) is 33.4 Å². The Morgan fingerprint density at radius 2 is 1.05 bits per heavy atom. The van der Waals surface area contributed by atoms with E-state index in [1.165, 1.54) is 52.2 Å². The molecule has 55 heavy (non-hydrogen) atoms. The molecular formula is C43H43F6N5Pt. The van der Waals surface area contributed by atoms with E-state index in [4.69, 9.17) is 8.22 Å². The minimum absolute atomic E-state index is 0. The van der Waals surface area contributed by atoms with Gasteiger partial charge in [-0.2, -0.15) is 39.7 Å². The zero-order valence-electron chi connectivity index (χ0n) is 36.8. The van der Waals surface area contributed by atoms with Gasteiger partial charge in [-0.3, -0.25) is 0 Å². The third kappa shape index (κ3) is 9.03. The van der Waals surface area contributed by atoms with Gasteiger partial charge in [0.25, 0.3) is 0 Å². The van der Waals surface area contributed by atoms with E-state index in [1.807, 2.05) is 12.1 Å². The standard InChI is InChI=1S/C29H37N4.C14H6F6N.Pt/c1-20(2)23-15-27(21(3)4)29(28(16-23)22(5)6)24-13-25(32-11-9-30(7)18-32)17-26(14-24)33-12-10-31(8)19-33;15-13(16,17)7-1-3-11-9(5-7)10-6-8(14(18,19)20)2-4-12(10)21-11;/h9-16,18-22H,1-8H3;1-6H;/q-3;-1;+4/i7D3,8D3;;. The van der Waals surface area contributed by atoms with Crippen LogP contribution in [0.2, 0.25) is 0 Å². The molecule has 5 nitrogen and oxygen atoms in total. The van der Waals surface area contributed by atoms with Crippen molar-refractivity contribution >= 4 is 33.2 Å². The molecule has 0 aliphatic carbocycles. The first-order chi connectivity index (χ1) is 27.7. The maximum atomic E-state index is 12.7. The average Bonchev–Trinajstić information content (AvgIpc) is 3.92.